The molecule has 1 amide bonds. The van der Waals surface area contributed by atoms with Crippen LogP contribution in [0.3, 0.4) is 0 Å². The number of aliphatic imine (C=N–C) groups is 1. The molecule has 0 aromatic carbocycles. The van der Waals surface area contributed by atoms with Crippen molar-refractivity contribution in [3.05, 3.63) is 0 Å². The van der Waals surface area contributed by atoms with E-state index in [-0.39, 0.29) is 11.9 Å². The molecule has 0 saturated carbocycles. The molecule has 4 heteroatoms. The van der Waals surface area contributed by atoms with E-state index < -0.39 is 5.54 Å². The van der Waals surface area contributed by atoms with Crippen LogP contribution >= 0.6 is 0 Å². The molecule has 0 spiro atoms. The summed E-state index contributed by atoms with van der Waals surface area (Å²) < 4.78 is 0. The number of nitrogens with zero attached hydrogens (tertiary/aromatic N) is 1. The zero-order valence-corrected chi connectivity index (χ0v) is 7.93. The van der Waals surface area contributed by atoms with Gasteiger partial charge in [-0.15, -0.1) is 0 Å². The summed E-state index contributed by atoms with van der Waals surface area (Å²) >= 11 is 0. The highest BCUT2D eigenvalue weighted by Gasteiger charge is 2.35. The summed E-state index contributed by atoms with van der Waals surface area (Å²) in [5, 5.41) is 5.68. The molecule has 1 saturated heterocycles. The van der Waals surface area contributed by atoms with E-state index in [1.165, 1.54) is 0 Å². The molecule has 68 valence electrons. The predicted molar refractivity (Wildman–Crippen MR) is 47.9 cm³/mol. The zero-order chi connectivity index (χ0) is 9.35. The molecule has 1 rings (SSSR count). The molecule has 4 nitrogen and oxygen atoms in total. The number of hydrogen-bond donors (Lipinski definition) is 2. The van der Waals surface area contributed by atoms with Crippen molar-refractivity contribution in [1.82, 2.24) is 10.6 Å². The van der Waals surface area contributed by atoms with Crippen molar-refractivity contribution in [2.45, 2.75) is 39.3 Å². The highest BCUT2D eigenvalue weighted by Crippen LogP contribution is 2.07. The van der Waals surface area contributed by atoms with Gasteiger partial charge in [-0.3, -0.25) is 15.1 Å². The Kier molecular flexibility index (Phi) is 2.08. The van der Waals surface area contributed by atoms with E-state index in [0.717, 1.165) is 0 Å². The molecule has 0 aliphatic carbocycles. The number of guanidine groups is 1. The van der Waals surface area contributed by atoms with Gasteiger partial charge in [0.1, 0.15) is 5.54 Å². The third-order valence-corrected chi connectivity index (χ3v) is 1.62. The van der Waals surface area contributed by atoms with Gasteiger partial charge in [-0.25, -0.2) is 0 Å². The zero-order valence-electron chi connectivity index (χ0n) is 7.93. The summed E-state index contributed by atoms with van der Waals surface area (Å²) in [6.45, 7) is 7.58. The molecule has 0 radical (unpaired) electrons. The van der Waals surface area contributed by atoms with Crippen LogP contribution in [0.25, 0.3) is 0 Å². The molecule has 1 aliphatic heterocycles. The molecule has 12 heavy (non-hydrogen) atoms. The minimum absolute atomic E-state index is 0.0260. The van der Waals surface area contributed by atoms with Crippen LogP contribution in [0.15, 0.2) is 4.99 Å². The average molecular weight is 169 g/mol. The SMILES string of the molecule is CC(C)N=C1NC(=O)C(C)(C)N1. The molecule has 0 aromatic rings. The summed E-state index contributed by atoms with van der Waals surface area (Å²) in [4.78, 5) is 15.4. The number of carbonyl (C=O) groups excluding carboxylic acids is 1. The van der Waals surface area contributed by atoms with Gasteiger partial charge in [0.05, 0.1) is 0 Å². The first-order chi connectivity index (χ1) is 5.42. The Morgan fingerprint density at radius 1 is 1.42 bits per heavy atom. The van der Waals surface area contributed by atoms with Gasteiger partial charge < -0.3 is 5.32 Å². The van der Waals surface area contributed by atoms with Gasteiger partial charge in [0.15, 0.2) is 5.96 Å². The fraction of sp³-hybridized carbons (Fsp3) is 0.750. The first kappa shape index (κ1) is 9.03. The van der Waals surface area contributed by atoms with E-state index >= 15 is 0 Å². The molecule has 0 aromatic heterocycles. The minimum Gasteiger partial charge on any atom is -0.342 e. The van der Waals surface area contributed by atoms with E-state index in [1.54, 1.807) is 0 Å². The van der Waals surface area contributed by atoms with Gasteiger partial charge in [-0.2, -0.15) is 0 Å². The summed E-state index contributed by atoms with van der Waals surface area (Å²) in [5.41, 5.74) is -0.520. The summed E-state index contributed by atoms with van der Waals surface area (Å²) in [6.07, 6.45) is 0. The maximum absolute atomic E-state index is 11.2. The molecule has 0 atom stereocenters. The maximum atomic E-state index is 11.2. The fourth-order valence-electron chi connectivity index (χ4n) is 0.971. The Morgan fingerprint density at radius 3 is 2.33 bits per heavy atom. The van der Waals surface area contributed by atoms with Crippen LogP contribution in [-0.2, 0) is 4.79 Å². The van der Waals surface area contributed by atoms with Crippen molar-refractivity contribution < 1.29 is 4.79 Å². The van der Waals surface area contributed by atoms with Gasteiger partial charge in [0.2, 0.25) is 0 Å². The second-order valence-corrected chi connectivity index (χ2v) is 3.78. The van der Waals surface area contributed by atoms with Crippen LogP contribution in [-0.4, -0.2) is 23.4 Å². The molecule has 1 aliphatic rings. The van der Waals surface area contributed by atoms with Crippen molar-refractivity contribution in [1.29, 1.82) is 0 Å². The normalized spacial score (nSPS) is 24.4. The van der Waals surface area contributed by atoms with Gasteiger partial charge in [-0.1, -0.05) is 0 Å². The second kappa shape index (κ2) is 2.77. The largest absolute Gasteiger partial charge is 0.342 e. The fourth-order valence-corrected chi connectivity index (χ4v) is 0.971. The van der Waals surface area contributed by atoms with Gasteiger partial charge in [0, 0.05) is 6.04 Å². The Labute approximate surface area is 72.4 Å². The Hall–Kier alpha value is -1.06. The third kappa shape index (κ3) is 1.75. The highest BCUT2D eigenvalue weighted by molar-refractivity contribution is 6.08. The monoisotopic (exact) mass is 169 g/mol. The molecule has 2 N–H and O–H groups in total. The second-order valence-electron chi connectivity index (χ2n) is 3.78. The number of nitrogens with one attached hydrogen (secondary N) is 2. The molecule has 0 bridgehead atoms. The van der Waals surface area contributed by atoms with Crippen LogP contribution in [0.5, 0.6) is 0 Å². The van der Waals surface area contributed by atoms with E-state index in [1.807, 2.05) is 27.7 Å². The quantitative estimate of drug-likeness (QED) is 0.591. The number of rotatable bonds is 1. The van der Waals surface area contributed by atoms with Crippen LogP contribution in [0, 0.1) is 0 Å². The van der Waals surface area contributed by atoms with Crippen molar-refractivity contribution in [2.75, 3.05) is 0 Å². The van der Waals surface area contributed by atoms with E-state index in [9.17, 15) is 4.79 Å². The molecular formula is C8H15N3O. The van der Waals surface area contributed by atoms with Crippen LogP contribution in [0.2, 0.25) is 0 Å². The number of carbonyl (C=O) groups is 1. The molecular weight excluding hydrogens is 154 g/mol. The third-order valence-electron chi connectivity index (χ3n) is 1.62. The van der Waals surface area contributed by atoms with Crippen molar-refractivity contribution in [2.24, 2.45) is 4.99 Å². The molecule has 1 fully saturated rings. The van der Waals surface area contributed by atoms with E-state index in [4.69, 9.17) is 0 Å². The predicted octanol–water partition coefficient (Wildman–Crippen LogP) is 0.249. The number of hydrogen-bond acceptors (Lipinski definition) is 2. The van der Waals surface area contributed by atoms with Crippen LogP contribution in [0.4, 0.5) is 0 Å². The van der Waals surface area contributed by atoms with Gasteiger partial charge >= 0.3 is 0 Å². The first-order valence-electron chi connectivity index (χ1n) is 4.09. The van der Waals surface area contributed by atoms with E-state index in [0.29, 0.717) is 5.96 Å². The molecule has 1 heterocycles. The van der Waals surface area contributed by atoms with E-state index in [2.05, 4.69) is 15.6 Å². The summed E-state index contributed by atoms with van der Waals surface area (Å²) in [5.74, 6) is 0.557. The van der Waals surface area contributed by atoms with Crippen molar-refractivity contribution in [3.8, 4) is 0 Å². The lowest BCUT2D eigenvalue weighted by Gasteiger charge is -2.12. The smallest absolute Gasteiger partial charge is 0.251 e. The topological polar surface area (TPSA) is 53.5 Å². The number of amides is 1. The van der Waals surface area contributed by atoms with Gasteiger partial charge in [0.25, 0.3) is 5.91 Å². The summed E-state index contributed by atoms with van der Waals surface area (Å²) in [6, 6.07) is 0.196. The van der Waals surface area contributed by atoms with Gasteiger partial charge in [-0.05, 0) is 27.7 Å². The lowest BCUT2D eigenvalue weighted by Crippen LogP contribution is -2.40. The Morgan fingerprint density at radius 2 is 2.00 bits per heavy atom. The highest BCUT2D eigenvalue weighted by atomic mass is 16.2. The standard InChI is InChI=1S/C8H15N3O/c1-5(2)9-7-10-6(12)8(3,4)11-7/h5H,1-4H3,(H2,9,10,11,12). The molecule has 0 unspecified atom stereocenters. The first-order valence-corrected chi connectivity index (χ1v) is 4.09. The summed E-state index contributed by atoms with van der Waals surface area (Å²) in [7, 11) is 0. The Balaban J connectivity index is 2.73. The minimum atomic E-state index is -0.520. The lowest BCUT2D eigenvalue weighted by molar-refractivity contribution is -0.122. The van der Waals surface area contributed by atoms with Crippen molar-refractivity contribution in [3.63, 3.8) is 0 Å². The maximum Gasteiger partial charge on any atom is 0.251 e. The van der Waals surface area contributed by atoms with Crippen LogP contribution < -0.4 is 10.6 Å². The van der Waals surface area contributed by atoms with Crippen LogP contribution in [0.1, 0.15) is 27.7 Å². The lowest BCUT2D eigenvalue weighted by atomic mass is 10.1. The average Bonchev–Trinajstić information content (AvgIpc) is 2.04. The Bertz CT molecular complexity index is 230. The van der Waals surface area contributed by atoms with Crippen molar-refractivity contribution >= 4 is 11.9 Å².